The number of nitrogens with one attached hydrogen (secondary N) is 2. The van der Waals surface area contributed by atoms with Crippen LogP contribution in [-0.4, -0.2) is 59.9 Å². The van der Waals surface area contributed by atoms with Gasteiger partial charge in [0.05, 0.1) is 5.69 Å². The standard InChI is InChI=1S/C38H43FN4O6/c1-23-7-10-27(11-8-23)33-17-18-34(48-33)35(44)41-31(36(45)46)20-26-9-16-32(30(39)19-26)43-22-24(2)42(21-25(43)3)29-14-12-28(13-15-29)40-37(47)49-38(4,5)6/h7-19,24-25,31H,20-22H2,1-6H3,(H,40,47)(H,41,44)(H,45,46). The van der Waals surface area contributed by atoms with E-state index in [0.29, 0.717) is 35.8 Å². The molecule has 0 aliphatic carbocycles. The van der Waals surface area contributed by atoms with E-state index in [1.54, 1.807) is 39.0 Å². The molecular weight excluding hydrogens is 627 g/mol. The molecule has 1 aliphatic heterocycles. The van der Waals surface area contributed by atoms with Crippen molar-refractivity contribution in [2.24, 2.45) is 0 Å². The van der Waals surface area contributed by atoms with Crippen molar-refractivity contribution in [2.75, 3.05) is 28.2 Å². The summed E-state index contributed by atoms with van der Waals surface area (Å²) in [6, 6.07) is 21.7. The molecule has 49 heavy (non-hydrogen) atoms. The van der Waals surface area contributed by atoms with Crippen LogP contribution in [0, 0.1) is 12.7 Å². The van der Waals surface area contributed by atoms with Crippen molar-refractivity contribution in [3.8, 4) is 11.3 Å². The van der Waals surface area contributed by atoms with Crippen LogP contribution < -0.4 is 20.4 Å². The molecule has 0 radical (unpaired) electrons. The Morgan fingerprint density at radius 2 is 1.59 bits per heavy atom. The van der Waals surface area contributed by atoms with Gasteiger partial charge >= 0.3 is 12.1 Å². The Balaban J connectivity index is 1.20. The van der Waals surface area contributed by atoms with E-state index < -0.39 is 35.4 Å². The highest BCUT2D eigenvalue weighted by molar-refractivity contribution is 5.95. The summed E-state index contributed by atoms with van der Waals surface area (Å²) >= 11 is 0. The molecule has 0 saturated carbocycles. The van der Waals surface area contributed by atoms with Crippen molar-refractivity contribution < 1.29 is 33.0 Å². The van der Waals surface area contributed by atoms with E-state index in [1.165, 1.54) is 12.1 Å². The van der Waals surface area contributed by atoms with E-state index in [9.17, 15) is 19.5 Å². The number of rotatable bonds is 9. The van der Waals surface area contributed by atoms with Crippen molar-refractivity contribution in [3.63, 3.8) is 0 Å². The van der Waals surface area contributed by atoms with E-state index >= 15 is 4.39 Å². The molecule has 1 aromatic heterocycles. The first-order chi connectivity index (χ1) is 23.2. The van der Waals surface area contributed by atoms with Crippen LogP contribution in [-0.2, 0) is 16.0 Å². The van der Waals surface area contributed by atoms with Gasteiger partial charge in [-0.1, -0.05) is 35.9 Å². The van der Waals surface area contributed by atoms with Gasteiger partial charge in [0.1, 0.15) is 23.2 Å². The summed E-state index contributed by atoms with van der Waals surface area (Å²) in [4.78, 5) is 41.4. The van der Waals surface area contributed by atoms with E-state index in [1.807, 2.05) is 67.3 Å². The normalized spacial score (nSPS) is 17.0. The molecule has 3 unspecified atom stereocenters. The van der Waals surface area contributed by atoms with E-state index in [4.69, 9.17) is 9.15 Å². The number of furan rings is 1. The highest BCUT2D eigenvalue weighted by atomic mass is 19.1. The number of carboxylic acid groups (broad SMARTS) is 1. The Morgan fingerprint density at radius 1 is 0.939 bits per heavy atom. The summed E-state index contributed by atoms with van der Waals surface area (Å²) < 4.78 is 26.6. The Labute approximate surface area is 285 Å². The molecule has 11 heteroatoms. The SMILES string of the molecule is Cc1ccc(-c2ccc(C(=O)NC(Cc3ccc(N4CC(C)N(c5ccc(NC(=O)OC(C)(C)C)cc5)CC4C)c(F)c3)C(=O)O)o2)cc1. The zero-order valence-electron chi connectivity index (χ0n) is 28.6. The number of ether oxygens (including phenoxy) is 1. The number of carboxylic acids is 1. The first-order valence-corrected chi connectivity index (χ1v) is 16.3. The smallest absolute Gasteiger partial charge is 0.412 e. The lowest BCUT2D eigenvalue weighted by Gasteiger charge is -2.46. The number of carbonyl (C=O) groups is 3. The van der Waals surface area contributed by atoms with Gasteiger partial charge in [-0.25, -0.2) is 14.0 Å². The fourth-order valence-corrected chi connectivity index (χ4v) is 5.89. The molecular formula is C38H43FN4O6. The van der Waals surface area contributed by atoms with Gasteiger partial charge in [-0.15, -0.1) is 0 Å². The molecule has 0 spiro atoms. The Kier molecular flexibility index (Phi) is 10.3. The number of anilines is 3. The van der Waals surface area contributed by atoms with Gasteiger partial charge in [-0.05, 0) is 95.6 Å². The van der Waals surface area contributed by atoms with E-state index in [0.717, 1.165) is 16.8 Å². The molecule has 2 heterocycles. The van der Waals surface area contributed by atoms with Crippen LogP contribution in [0.2, 0.25) is 0 Å². The molecule has 4 aromatic rings. The summed E-state index contributed by atoms with van der Waals surface area (Å²) in [6.07, 6.45) is -0.629. The topological polar surface area (TPSA) is 124 Å². The second kappa shape index (κ2) is 14.4. The number of aliphatic carboxylic acids is 1. The second-order valence-corrected chi connectivity index (χ2v) is 13.6. The maximum atomic E-state index is 15.6. The number of halogens is 1. The third-order valence-electron chi connectivity index (χ3n) is 8.36. The summed E-state index contributed by atoms with van der Waals surface area (Å²) in [6.45, 7) is 12.7. The number of benzene rings is 3. The van der Waals surface area contributed by atoms with Gasteiger partial charge in [0.15, 0.2) is 5.76 Å². The first-order valence-electron chi connectivity index (χ1n) is 16.3. The average Bonchev–Trinajstić information content (AvgIpc) is 3.52. The molecule has 1 saturated heterocycles. The monoisotopic (exact) mass is 670 g/mol. The predicted octanol–water partition coefficient (Wildman–Crippen LogP) is 7.27. The Bertz CT molecular complexity index is 1800. The molecule has 3 atom stereocenters. The third-order valence-corrected chi connectivity index (χ3v) is 8.36. The predicted molar refractivity (Wildman–Crippen MR) is 188 cm³/mol. The van der Waals surface area contributed by atoms with Gasteiger partial charge in [0.2, 0.25) is 0 Å². The van der Waals surface area contributed by atoms with Gasteiger partial charge in [-0.3, -0.25) is 10.1 Å². The van der Waals surface area contributed by atoms with Crippen molar-refractivity contribution in [3.05, 3.63) is 102 Å². The Hall–Kier alpha value is -5.32. The minimum absolute atomic E-state index is 0.0148. The maximum Gasteiger partial charge on any atom is 0.412 e. The van der Waals surface area contributed by atoms with Crippen LogP contribution in [0.5, 0.6) is 0 Å². The third kappa shape index (κ3) is 8.78. The summed E-state index contributed by atoms with van der Waals surface area (Å²) in [5, 5.41) is 15.1. The van der Waals surface area contributed by atoms with Crippen molar-refractivity contribution in [1.82, 2.24) is 5.32 Å². The van der Waals surface area contributed by atoms with Gasteiger partial charge < -0.3 is 29.4 Å². The Morgan fingerprint density at radius 3 is 2.22 bits per heavy atom. The average molecular weight is 671 g/mol. The van der Waals surface area contributed by atoms with Crippen LogP contribution in [0.15, 0.2) is 83.3 Å². The number of hydrogen-bond acceptors (Lipinski definition) is 7. The highest BCUT2D eigenvalue weighted by Gasteiger charge is 2.31. The fourth-order valence-electron chi connectivity index (χ4n) is 5.89. The molecule has 258 valence electrons. The lowest BCUT2D eigenvalue weighted by Crippen LogP contribution is -2.57. The minimum atomic E-state index is -1.29. The van der Waals surface area contributed by atoms with Crippen LogP contribution in [0.3, 0.4) is 0 Å². The summed E-state index contributed by atoms with van der Waals surface area (Å²) in [5.41, 5.74) is 3.75. The van der Waals surface area contributed by atoms with E-state index in [-0.39, 0.29) is 24.3 Å². The van der Waals surface area contributed by atoms with Crippen molar-refractivity contribution in [1.29, 1.82) is 0 Å². The van der Waals surface area contributed by atoms with Crippen molar-refractivity contribution >= 4 is 35.0 Å². The van der Waals surface area contributed by atoms with Crippen LogP contribution >= 0.6 is 0 Å². The zero-order valence-corrected chi connectivity index (χ0v) is 28.6. The van der Waals surface area contributed by atoms with Crippen LogP contribution in [0.1, 0.15) is 56.3 Å². The molecule has 3 N–H and O–H groups in total. The molecule has 1 fully saturated rings. The number of hydrogen-bond donors (Lipinski definition) is 3. The molecule has 3 aromatic carbocycles. The number of aryl methyl sites for hydroxylation is 1. The number of carbonyl (C=O) groups excluding carboxylic acids is 2. The second-order valence-electron chi connectivity index (χ2n) is 13.6. The minimum Gasteiger partial charge on any atom is -0.480 e. The number of amides is 2. The van der Waals surface area contributed by atoms with Gasteiger partial charge in [0.25, 0.3) is 5.91 Å². The largest absolute Gasteiger partial charge is 0.480 e. The molecule has 10 nitrogen and oxygen atoms in total. The summed E-state index contributed by atoms with van der Waals surface area (Å²) in [5.74, 6) is -1.90. The van der Waals surface area contributed by atoms with E-state index in [2.05, 4.69) is 22.5 Å². The highest BCUT2D eigenvalue weighted by Crippen LogP contribution is 2.31. The van der Waals surface area contributed by atoms with Crippen LogP contribution in [0.25, 0.3) is 11.3 Å². The molecule has 5 rings (SSSR count). The van der Waals surface area contributed by atoms with Crippen molar-refractivity contribution in [2.45, 2.75) is 71.7 Å². The molecule has 0 bridgehead atoms. The number of piperazine rings is 1. The fraction of sp³-hybridized carbons (Fsp3) is 0.342. The molecule has 1 aliphatic rings. The summed E-state index contributed by atoms with van der Waals surface area (Å²) in [7, 11) is 0. The molecule has 2 amide bonds. The quantitative estimate of drug-likeness (QED) is 0.170. The lowest BCUT2D eigenvalue weighted by atomic mass is 10.0. The van der Waals surface area contributed by atoms with Gasteiger partial charge in [0, 0.05) is 48.5 Å². The zero-order chi connectivity index (χ0) is 35.5. The lowest BCUT2D eigenvalue weighted by molar-refractivity contribution is -0.139. The number of nitrogens with zero attached hydrogens (tertiary/aromatic N) is 2. The maximum absolute atomic E-state index is 15.6. The van der Waals surface area contributed by atoms with Gasteiger partial charge in [-0.2, -0.15) is 0 Å². The van der Waals surface area contributed by atoms with Crippen LogP contribution in [0.4, 0.5) is 26.2 Å². The first kappa shape index (κ1) is 35.0.